The number of ether oxygens (including phenoxy) is 2. The highest BCUT2D eigenvalue weighted by atomic mass is 79.9. The van der Waals surface area contributed by atoms with Crippen LogP contribution in [-0.2, 0) is 9.53 Å². The van der Waals surface area contributed by atoms with E-state index in [0.29, 0.717) is 29.4 Å². The first-order valence-corrected chi connectivity index (χ1v) is 9.11. The van der Waals surface area contributed by atoms with Crippen molar-refractivity contribution in [2.75, 3.05) is 45.9 Å². The summed E-state index contributed by atoms with van der Waals surface area (Å²) in [5, 5.41) is 0. The minimum absolute atomic E-state index is 0.0318. The lowest BCUT2D eigenvalue weighted by atomic mass is 10.2. The molecule has 1 atom stereocenters. The summed E-state index contributed by atoms with van der Waals surface area (Å²) < 4.78 is 24.7. The highest BCUT2D eigenvalue weighted by Crippen LogP contribution is 2.25. The number of amides is 1. The van der Waals surface area contributed by atoms with Crippen molar-refractivity contribution in [3.63, 3.8) is 0 Å². The molecule has 5 nitrogen and oxygen atoms in total. The molecule has 2 heterocycles. The molecule has 3 rings (SSSR count). The highest BCUT2D eigenvalue weighted by Gasteiger charge is 2.25. The zero-order valence-corrected chi connectivity index (χ0v) is 15.1. The van der Waals surface area contributed by atoms with Crippen LogP contribution in [0.15, 0.2) is 22.7 Å². The molecule has 132 valence electrons. The molecule has 0 radical (unpaired) electrons. The Morgan fingerprint density at radius 1 is 1.33 bits per heavy atom. The van der Waals surface area contributed by atoms with Crippen LogP contribution in [0, 0.1) is 5.82 Å². The standard InChI is InChI=1S/C17H22BrFN2O3/c18-15-10-13(19)3-4-16(15)24-12-17(22)21-7-5-20(6-8-21)11-14-2-1-9-23-14/h3-4,10,14H,1-2,5-9,11-12H2/t14-/m0/s1. The van der Waals surface area contributed by atoms with Gasteiger partial charge in [-0.05, 0) is 47.0 Å². The van der Waals surface area contributed by atoms with Gasteiger partial charge < -0.3 is 14.4 Å². The van der Waals surface area contributed by atoms with Gasteiger partial charge in [-0.15, -0.1) is 0 Å². The van der Waals surface area contributed by atoms with Crippen molar-refractivity contribution in [1.82, 2.24) is 9.80 Å². The molecule has 0 N–H and O–H groups in total. The number of benzene rings is 1. The minimum atomic E-state index is -0.345. The second-order valence-electron chi connectivity index (χ2n) is 6.18. The first kappa shape index (κ1) is 17.6. The predicted molar refractivity (Wildman–Crippen MR) is 91.6 cm³/mol. The third-order valence-electron chi connectivity index (χ3n) is 4.46. The maximum Gasteiger partial charge on any atom is 0.260 e. The van der Waals surface area contributed by atoms with E-state index in [1.54, 1.807) is 0 Å². The second-order valence-corrected chi connectivity index (χ2v) is 7.03. The molecule has 1 amide bonds. The molecule has 1 aromatic carbocycles. The van der Waals surface area contributed by atoms with Crippen LogP contribution in [0.3, 0.4) is 0 Å². The molecule has 0 aliphatic carbocycles. The quantitative estimate of drug-likeness (QED) is 0.760. The van der Waals surface area contributed by atoms with Gasteiger partial charge in [0.15, 0.2) is 6.61 Å². The lowest BCUT2D eigenvalue weighted by Gasteiger charge is -2.35. The number of nitrogens with zero attached hydrogens (tertiary/aromatic N) is 2. The van der Waals surface area contributed by atoms with Gasteiger partial charge in [0.25, 0.3) is 5.91 Å². The van der Waals surface area contributed by atoms with E-state index >= 15 is 0 Å². The van der Waals surface area contributed by atoms with Crippen LogP contribution in [0.25, 0.3) is 0 Å². The first-order chi connectivity index (χ1) is 11.6. The molecule has 2 saturated heterocycles. The number of halogens is 2. The minimum Gasteiger partial charge on any atom is -0.483 e. The maximum atomic E-state index is 13.0. The Bertz CT molecular complexity index is 573. The molecule has 0 bridgehead atoms. The van der Waals surface area contributed by atoms with Crippen LogP contribution >= 0.6 is 15.9 Å². The van der Waals surface area contributed by atoms with Gasteiger partial charge in [-0.1, -0.05) is 0 Å². The molecular weight excluding hydrogens is 379 g/mol. The molecule has 7 heteroatoms. The molecule has 1 aromatic rings. The fourth-order valence-electron chi connectivity index (χ4n) is 3.08. The van der Waals surface area contributed by atoms with Crippen molar-refractivity contribution < 1.29 is 18.7 Å². The summed E-state index contributed by atoms with van der Waals surface area (Å²) >= 11 is 3.23. The Kier molecular flexibility index (Phi) is 6.08. The number of carbonyl (C=O) groups is 1. The molecule has 0 spiro atoms. The van der Waals surface area contributed by atoms with Gasteiger partial charge in [0.2, 0.25) is 0 Å². The SMILES string of the molecule is O=C(COc1ccc(F)cc1Br)N1CCN(C[C@@H]2CCCO2)CC1. The summed E-state index contributed by atoms with van der Waals surface area (Å²) in [6.45, 7) is 4.95. The van der Waals surface area contributed by atoms with Crippen molar-refractivity contribution >= 4 is 21.8 Å². The van der Waals surface area contributed by atoms with Crippen molar-refractivity contribution in [3.8, 4) is 5.75 Å². The molecule has 2 aliphatic heterocycles. The molecule has 0 saturated carbocycles. The molecule has 24 heavy (non-hydrogen) atoms. The van der Waals surface area contributed by atoms with E-state index < -0.39 is 0 Å². The largest absolute Gasteiger partial charge is 0.483 e. The summed E-state index contributed by atoms with van der Waals surface area (Å²) in [6.07, 6.45) is 2.64. The number of carbonyl (C=O) groups excluding carboxylic acids is 1. The molecule has 2 aliphatic rings. The van der Waals surface area contributed by atoms with E-state index in [1.807, 2.05) is 4.90 Å². The van der Waals surface area contributed by atoms with Crippen LogP contribution in [0.5, 0.6) is 5.75 Å². The van der Waals surface area contributed by atoms with E-state index in [9.17, 15) is 9.18 Å². The highest BCUT2D eigenvalue weighted by molar-refractivity contribution is 9.10. The average Bonchev–Trinajstić information content (AvgIpc) is 3.07. The van der Waals surface area contributed by atoms with Crippen molar-refractivity contribution in [2.45, 2.75) is 18.9 Å². The van der Waals surface area contributed by atoms with Crippen molar-refractivity contribution in [2.24, 2.45) is 0 Å². The fourth-order valence-corrected chi connectivity index (χ4v) is 3.54. The van der Waals surface area contributed by atoms with E-state index in [-0.39, 0.29) is 18.3 Å². The summed E-state index contributed by atoms with van der Waals surface area (Å²) in [6, 6.07) is 4.16. The normalized spacial score (nSPS) is 21.9. The summed E-state index contributed by atoms with van der Waals surface area (Å²) in [7, 11) is 0. The number of hydrogen-bond acceptors (Lipinski definition) is 4. The van der Waals surface area contributed by atoms with E-state index in [2.05, 4.69) is 20.8 Å². The Morgan fingerprint density at radius 2 is 2.12 bits per heavy atom. The summed E-state index contributed by atoms with van der Waals surface area (Å²) in [5.41, 5.74) is 0. The van der Waals surface area contributed by atoms with Crippen LogP contribution in [0.1, 0.15) is 12.8 Å². The number of hydrogen-bond donors (Lipinski definition) is 0. The van der Waals surface area contributed by atoms with Gasteiger partial charge in [0.05, 0.1) is 10.6 Å². The summed E-state index contributed by atoms with van der Waals surface area (Å²) in [5.74, 6) is 0.0904. The fraction of sp³-hybridized carbons (Fsp3) is 0.588. The van der Waals surface area contributed by atoms with Gasteiger partial charge in [0.1, 0.15) is 11.6 Å². The average molecular weight is 401 g/mol. The third kappa shape index (κ3) is 4.68. The van der Waals surface area contributed by atoms with E-state index in [4.69, 9.17) is 9.47 Å². The van der Waals surface area contributed by atoms with Crippen LogP contribution < -0.4 is 4.74 Å². The maximum absolute atomic E-state index is 13.0. The number of piperazine rings is 1. The lowest BCUT2D eigenvalue weighted by Crippen LogP contribution is -2.51. The Hall–Kier alpha value is -1.18. The van der Waals surface area contributed by atoms with Gasteiger partial charge >= 0.3 is 0 Å². The van der Waals surface area contributed by atoms with Gasteiger partial charge in [0, 0.05) is 39.3 Å². The van der Waals surface area contributed by atoms with Crippen LogP contribution in [0.4, 0.5) is 4.39 Å². The Labute approximate surface area is 149 Å². The zero-order valence-electron chi connectivity index (χ0n) is 13.5. The van der Waals surface area contributed by atoms with Gasteiger partial charge in [-0.25, -0.2) is 4.39 Å². The molecule has 0 unspecified atom stereocenters. The summed E-state index contributed by atoms with van der Waals surface area (Å²) in [4.78, 5) is 16.5. The van der Waals surface area contributed by atoms with Crippen LogP contribution in [0.2, 0.25) is 0 Å². The smallest absolute Gasteiger partial charge is 0.260 e. The molecule has 0 aromatic heterocycles. The Balaban J connectivity index is 1.41. The number of rotatable bonds is 5. The van der Waals surface area contributed by atoms with E-state index in [0.717, 1.165) is 39.1 Å². The Morgan fingerprint density at radius 3 is 2.79 bits per heavy atom. The molecular formula is C17H22BrFN2O3. The van der Waals surface area contributed by atoms with Gasteiger partial charge in [-0.3, -0.25) is 9.69 Å². The first-order valence-electron chi connectivity index (χ1n) is 8.31. The van der Waals surface area contributed by atoms with E-state index in [1.165, 1.54) is 18.2 Å². The third-order valence-corrected chi connectivity index (χ3v) is 5.08. The second kappa shape index (κ2) is 8.27. The van der Waals surface area contributed by atoms with Crippen molar-refractivity contribution in [1.29, 1.82) is 0 Å². The van der Waals surface area contributed by atoms with Gasteiger partial charge in [-0.2, -0.15) is 0 Å². The molecule has 2 fully saturated rings. The monoisotopic (exact) mass is 400 g/mol. The zero-order chi connectivity index (χ0) is 16.9. The lowest BCUT2D eigenvalue weighted by molar-refractivity contribution is -0.135. The van der Waals surface area contributed by atoms with Crippen LogP contribution in [-0.4, -0.2) is 67.7 Å². The topological polar surface area (TPSA) is 42.0 Å². The predicted octanol–water partition coefficient (Wildman–Crippen LogP) is 2.29. The van der Waals surface area contributed by atoms with Crippen molar-refractivity contribution in [3.05, 3.63) is 28.5 Å².